The number of hydrogen-bond donors (Lipinski definition) is 0. The summed E-state index contributed by atoms with van der Waals surface area (Å²) in [5.74, 6) is 1.78. The largest absolute Gasteiger partial charge is 0.493 e. The molecule has 0 aromatic heterocycles. The molecule has 0 N–H and O–H groups in total. The molecule has 2 nitrogen and oxygen atoms in total. The molecule has 0 spiro atoms. The Morgan fingerprint density at radius 1 is 1.03 bits per heavy atom. The molecular weight excluding hydrogens is 413 g/mol. The van der Waals surface area contributed by atoms with Crippen LogP contribution in [0.4, 0.5) is 13.2 Å². The van der Waals surface area contributed by atoms with Gasteiger partial charge in [0, 0.05) is 17.5 Å². The van der Waals surface area contributed by atoms with E-state index in [1.807, 2.05) is 24.3 Å². The Bertz CT molecular complexity index is 1150. The van der Waals surface area contributed by atoms with Crippen molar-refractivity contribution in [2.45, 2.75) is 37.5 Å². The lowest BCUT2D eigenvalue weighted by atomic mass is 9.91. The lowest BCUT2D eigenvalue weighted by Gasteiger charge is -2.19. The van der Waals surface area contributed by atoms with E-state index in [0.29, 0.717) is 36.7 Å². The molecule has 0 saturated heterocycles. The number of alkyl halides is 3. The van der Waals surface area contributed by atoms with E-state index in [1.54, 1.807) is 36.4 Å². The number of rotatable bonds is 5. The number of hydrogen-bond acceptors (Lipinski definition) is 2. The van der Waals surface area contributed by atoms with Crippen molar-refractivity contribution in [2.24, 2.45) is 0 Å². The van der Waals surface area contributed by atoms with Gasteiger partial charge in [-0.1, -0.05) is 48.5 Å². The number of fused-ring (bicyclic) bond motifs is 2. The number of allylic oxidation sites excluding steroid dienone is 1. The predicted octanol–water partition coefficient (Wildman–Crippen LogP) is 7.49. The van der Waals surface area contributed by atoms with Gasteiger partial charge < -0.3 is 9.47 Å². The number of ether oxygens (including phenoxy) is 2. The number of benzene rings is 3. The minimum Gasteiger partial charge on any atom is -0.493 e. The van der Waals surface area contributed by atoms with Gasteiger partial charge in [0.2, 0.25) is 0 Å². The Morgan fingerprint density at radius 3 is 2.56 bits per heavy atom. The SMILES string of the molecule is C=CC[C@@H]1COc2cc(O[C@@H]3CCc4c3ccc(C(F)(F)F)c4-c3ccccc3)ccc21. The highest BCUT2D eigenvalue weighted by atomic mass is 19.4. The molecule has 5 rings (SSSR count). The van der Waals surface area contributed by atoms with E-state index >= 15 is 0 Å². The molecule has 0 saturated carbocycles. The summed E-state index contributed by atoms with van der Waals surface area (Å²) in [4.78, 5) is 0. The van der Waals surface area contributed by atoms with Gasteiger partial charge >= 0.3 is 6.18 Å². The summed E-state index contributed by atoms with van der Waals surface area (Å²) in [6.45, 7) is 4.43. The molecule has 0 radical (unpaired) electrons. The molecular formula is C27H23F3O2. The lowest BCUT2D eigenvalue weighted by molar-refractivity contribution is -0.137. The molecule has 1 aliphatic carbocycles. The highest BCUT2D eigenvalue weighted by Gasteiger charge is 2.38. The molecule has 2 aliphatic rings. The summed E-state index contributed by atoms with van der Waals surface area (Å²) in [6, 6.07) is 17.4. The average molecular weight is 436 g/mol. The van der Waals surface area contributed by atoms with Crippen LogP contribution in [0.5, 0.6) is 11.5 Å². The van der Waals surface area contributed by atoms with Gasteiger partial charge in [-0.05, 0) is 53.6 Å². The predicted molar refractivity (Wildman–Crippen MR) is 118 cm³/mol. The van der Waals surface area contributed by atoms with Crippen molar-refractivity contribution in [3.8, 4) is 22.6 Å². The van der Waals surface area contributed by atoms with Crippen molar-refractivity contribution in [3.63, 3.8) is 0 Å². The summed E-state index contributed by atoms with van der Waals surface area (Å²) >= 11 is 0. The van der Waals surface area contributed by atoms with Crippen LogP contribution in [0.15, 0.2) is 73.3 Å². The smallest absolute Gasteiger partial charge is 0.417 e. The second-order valence-corrected chi connectivity index (χ2v) is 8.30. The standard InChI is InChI=1S/C27H23F3O2/c1-2-6-18-16-31-25-15-19(9-10-20(18)25)32-24-14-12-22-21(24)11-13-23(27(28,29)30)26(22)17-7-4-3-5-8-17/h2-5,7-11,13,15,18,24H,1,6,12,14,16H2/t18-,24-/m1/s1. The van der Waals surface area contributed by atoms with E-state index < -0.39 is 11.7 Å². The fourth-order valence-electron chi connectivity index (χ4n) is 4.85. The van der Waals surface area contributed by atoms with Crippen molar-refractivity contribution < 1.29 is 22.6 Å². The third-order valence-corrected chi connectivity index (χ3v) is 6.31. The van der Waals surface area contributed by atoms with E-state index in [-0.39, 0.29) is 11.7 Å². The minimum atomic E-state index is -4.42. The van der Waals surface area contributed by atoms with E-state index in [1.165, 1.54) is 6.07 Å². The Morgan fingerprint density at radius 2 is 1.81 bits per heavy atom. The molecule has 0 bridgehead atoms. The van der Waals surface area contributed by atoms with Crippen LogP contribution in [0.25, 0.3) is 11.1 Å². The van der Waals surface area contributed by atoms with E-state index in [2.05, 4.69) is 6.58 Å². The quantitative estimate of drug-likeness (QED) is 0.386. The average Bonchev–Trinajstić information content (AvgIpc) is 3.37. The molecule has 3 aromatic carbocycles. The lowest BCUT2D eigenvalue weighted by Crippen LogP contribution is -2.10. The topological polar surface area (TPSA) is 18.5 Å². The van der Waals surface area contributed by atoms with Crippen LogP contribution >= 0.6 is 0 Å². The van der Waals surface area contributed by atoms with Gasteiger partial charge in [0.1, 0.15) is 17.6 Å². The molecule has 2 atom stereocenters. The molecule has 0 amide bonds. The molecule has 1 aliphatic heterocycles. The second-order valence-electron chi connectivity index (χ2n) is 8.30. The Labute approximate surface area is 185 Å². The van der Waals surface area contributed by atoms with E-state index in [0.717, 1.165) is 28.9 Å². The first-order chi connectivity index (χ1) is 15.5. The van der Waals surface area contributed by atoms with Crippen LogP contribution < -0.4 is 9.47 Å². The summed E-state index contributed by atoms with van der Waals surface area (Å²) in [6.07, 6.45) is -0.795. The maximum absolute atomic E-state index is 13.8. The van der Waals surface area contributed by atoms with Crippen LogP contribution in [0.1, 0.15) is 47.1 Å². The normalized spacial score (nSPS) is 19.2. The van der Waals surface area contributed by atoms with E-state index in [4.69, 9.17) is 9.47 Å². The summed E-state index contributed by atoms with van der Waals surface area (Å²) < 4.78 is 53.5. The Kier molecular flexibility index (Phi) is 5.20. The van der Waals surface area contributed by atoms with E-state index in [9.17, 15) is 13.2 Å². The first kappa shape index (κ1) is 20.7. The van der Waals surface area contributed by atoms with Crippen molar-refractivity contribution in [1.82, 2.24) is 0 Å². The first-order valence-electron chi connectivity index (χ1n) is 10.8. The molecule has 164 valence electrons. The zero-order valence-electron chi connectivity index (χ0n) is 17.5. The first-order valence-corrected chi connectivity index (χ1v) is 10.8. The van der Waals surface area contributed by atoms with Crippen LogP contribution in [0.2, 0.25) is 0 Å². The summed E-state index contributed by atoms with van der Waals surface area (Å²) in [7, 11) is 0. The molecule has 32 heavy (non-hydrogen) atoms. The monoisotopic (exact) mass is 436 g/mol. The van der Waals surface area contributed by atoms with Crippen LogP contribution in [0, 0.1) is 0 Å². The zero-order chi connectivity index (χ0) is 22.3. The van der Waals surface area contributed by atoms with Gasteiger partial charge in [-0.15, -0.1) is 6.58 Å². The van der Waals surface area contributed by atoms with Crippen molar-refractivity contribution in [2.75, 3.05) is 6.61 Å². The van der Waals surface area contributed by atoms with Crippen LogP contribution in [-0.2, 0) is 12.6 Å². The van der Waals surface area contributed by atoms with Gasteiger partial charge in [-0.3, -0.25) is 0 Å². The van der Waals surface area contributed by atoms with Crippen LogP contribution in [-0.4, -0.2) is 6.61 Å². The highest BCUT2D eigenvalue weighted by molar-refractivity contribution is 5.74. The molecule has 5 heteroatoms. The fraction of sp³-hybridized carbons (Fsp3) is 0.259. The second kappa shape index (κ2) is 8.05. The summed E-state index contributed by atoms with van der Waals surface area (Å²) in [5, 5.41) is 0. The third-order valence-electron chi connectivity index (χ3n) is 6.31. The molecule has 0 unspecified atom stereocenters. The van der Waals surface area contributed by atoms with Crippen molar-refractivity contribution in [3.05, 3.63) is 95.6 Å². The third kappa shape index (κ3) is 3.66. The zero-order valence-corrected chi connectivity index (χ0v) is 17.5. The molecule has 0 fully saturated rings. The molecule has 1 heterocycles. The maximum atomic E-state index is 13.8. The van der Waals surface area contributed by atoms with Gasteiger partial charge in [-0.2, -0.15) is 13.2 Å². The highest BCUT2D eigenvalue weighted by Crippen LogP contribution is 2.47. The summed E-state index contributed by atoms with van der Waals surface area (Å²) in [5.41, 5.74) is 2.94. The Balaban J connectivity index is 1.48. The van der Waals surface area contributed by atoms with Gasteiger partial charge in [0.25, 0.3) is 0 Å². The maximum Gasteiger partial charge on any atom is 0.417 e. The number of halogens is 3. The van der Waals surface area contributed by atoms with Gasteiger partial charge in [0.15, 0.2) is 0 Å². The fourth-order valence-corrected chi connectivity index (χ4v) is 4.85. The minimum absolute atomic E-state index is 0.270. The van der Waals surface area contributed by atoms with Crippen LogP contribution in [0.3, 0.4) is 0 Å². The van der Waals surface area contributed by atoms with Gasteiger partial charge in [-0.25, -0.2) is 0 Å². The van der Waals surface area contributed by atoms with Crippen molar-refractivity contribution >= 4 is 0 Å². The Hall–Kier alpha value is -3.21. The van der Waals surface area contributed by atoms with Crippen molar-refractivity contribution in [1.29, 1.82) is 0 Å². The van der Waals surface area contributed by atoms with Gasteiger partial charge in [0.05, 0.1) is 12.2 Å². The molecule has 3 aromatic rings.